The Hall–Kier alpha value is -1.74. The molecule has 0 unspecified atom stereocenters. The first kappa shape index (κ1) is 14.7. The minimum Gasteiger partial charge on any atom is -0.312 e. The molecule has 20 heavy (non-hydrogen) atoms. The Morgan fingerprint density at radius 1 is 0.950 bits per heavy atom. The minimum atomic E-state index is -0.194. The zero-order chi connectivity index (χ0) is 14.5. The number of hydrogen-bond acceptors (Lipinski definition) is 1. The summed E-state index contributed by atoms with van der Waals surface area (Å²) in [5.74, 6) is -0.364. The fraction of sp³-hybridized carbons (Fsp3) is 0.294. The average molecular weight is 275 g/mol. The lowest BCUT2D eigenvalue weighted by atomic mass is 10.1. The third-order valence-electron chi connectivity index (χ3n) is 3.43. The van der Waals surface area contributed by atoms with E-state index in [0.717, 1.165) is 29.7 Å². The molecule has 0 fully saturated rings. The van der Waals surface area contributed by atoms with E-state index in [1.165, 1.54) is 12.1 Å². The van der Waals surface area contributed by atoms with E-state index in [1.807, 2.05) is 19.1 Å². The Morgan fingerprint density at radius 3 is 2.45 bits per heavy atom. The van der Waals surface area contributed by atoms with Crippen molar-refractivity contribution in [3.63, 3.8) is 0 Å². The molecule has 0 bridgehead atoms. The average Bonchev–Trinajstić information content (AvgIpc) is 2.40. The van der Waals surface area contributed by atoms with Crippen molar-refractivity contribution in [3.8, 4) is 0 Å². The number of nitrogens with one attached hydrogen (secondary N) is 1. The van der Waals surface area contributed by atoms with Crippen molar-refractivity contribution in [3.05, 3.63) is 70.3 Å². The minimum absolute atomic E-state index is 0.171. The van der Waals surface area contributed by atoms with Crippen LogP contribution in [0.3, 0.4) is 0 Å². The number of benzene rings is 2. The van der Waals surface area contributed by atoms with Crippen molar-refractivity contribution < 1.29 is 8.78 Å². The number of rotatable bonds is 5. The monoisotopic (exact) mass is 275 g/mol. The highest BCUT2D eigenvalue weighted by atomic mass is 19.1. The Bertz CT molecular complexity index is 594. The summed E-state index contributed by atoms with van der Waals surface area (Å²) in [7, 11) is 0. The second kappa shape index (κ2) is 6.62. The Labute approximate surface area is 118 Å². The molecule has 0 heterocycles. The van der Waals surface area contributed by atoms with Gasteiger partial charge < -0.3 is 5.32 Å². The van der Waals surface area contributed by atoms with Crippen molar-refractivity contribution in [1.82, 2.24) is 5.32 Å². The summed E-state index contributed by atoms with van der Waals surface area (Å²) in [6.07, 6.45) is 0.853. The predicted molar refractivity (Wildman–Crippen MR) is 77.7 cm³/mol. The van der Waals surface area contributed by atoms with Crippen LogP contribution in [0.2, 0.25) is 0 Å². The molecule has 1 nitrogen and oxygen atoms in total. The van der Waals surface area contributed by atoms with Gasteiger partial charge in [-0.15, -0.1) is 0 Å². The van der Waals surface area contributed by atoms with Crippen LogP contribution in [0.25, 0.3) is 0 Å². The Kier molecular flexibility index (Phi) is 4.85. The van der Waals surface area contributed by atoms with Crippen LogP contribution in [0.15, 0.2) is 36.4 Å². The van der Waals surface area contributed by atoms with E-state index in [9.17, 15) is 8.78 Å². The maximum absolute atomic E-state index is 13.1. The van der Waals surface area contributed by atoms with Crippen molar-refractivity contribution in [2.24, 2.45) is 0 Å². The first-order valence-corrected chi connectivity index (χ1v) is 6.77. The lowest BCUT2D eigenvalue weighted by Crippen LogP contribution is -2.17. The molecule has 0 atom stereocenters. The second-order valence-electron chi connectivity index (χ2n) is 5.08. The highest BCUT2D eigenvalue weighted by Crippen LogP contribution is 2.11. The van der Waals surface area contributed by atoms with Gasteiger partial charge in [0.15, 0.2) is 0 Å². The molecule has 106 valence electrons. The fourth-order valence-electron chi connectivity index (χ4n) is 2.21. The van der Waals surface area contributed by atoms with Crippen LogP contribution >= 0.6 is 0 Å². The first-order chi connectivity index (χ1) is 9.56. The zero-order valence-corrected chi connectivity index (χ0v) is 11.8. The Balaban J connectivity index is 1.82. The Morgan fingerprint density at radius 2 is 1.75 bits per heavy atom. The lowest BCUT2D eigenvalue weighted by molar-refractivity contribution is 0.615. The summed E-state index contributed by atoms with van der Waals surface area (Å²) in [5.41, 5.74) is 3.86. The molecule has 0 aliphatic rings. The number of aryl methyl sites for hydroxylation is 2. The van der Waals surface area contributed by atoms with Crippen LogP contribution in [-0.2, 0) is 13.0 Å². The van der Waals surface area contributed by atoms with Gasteiger partial charge in [0, 0.05) is 6.54 Å². The normalized spacial score (nSPS) is 10.8. The standard InChI is InChI=1S/C17H19F2N/c1-12-10-16(18)5-4-15(12)7-8-20-11-14-3-6-17(19)13(2)9-14/h3-6,9-10,20H,7-8,11H2,1-2H3. The molecule has 2 rings (SSSR count). The maximum Gasteiger partial charge on any atom is 0.126 e. The highest BCUT2D eigenvalue weighted by Gasteiger charge is 2.01. The quantitative estimate of drug-likeness (QED) is 0.816. The summed E-state index contributed by atoms with van der Waals surface area (Å²) in [6, 6.07) is 10.0. The molecular weight excluding hydrogens is 256 g/mol. The molecular formula is C17H19F2N. The largest absolute Gasteiger partial charge is 0.312 e. The zero-order valence-electron chi connectivity index (χ0n) is 11.8. The van der Waals surface area contributed by atoms with Gasteiger partial charge in [-0.05, 0) is 67.3 Å². The maximum atomic E-state index is 13.1. The van der Waals surface area contributed by atoms with Gasteiger partial charge in [-0.25, -0.2) is 8.78 Å². The highest BCUT2D eigenvalue weighted by molar-refractivity contribution is 5.27. The summed E-state index contributed by atoms with van der Waals surface area (Å²) in [5, 5.41) is 3.32. The van der Waals surface area contributed by atoms with Gasteiger partial charge in [-0.1, -0.05) is 18.2 Å². The lowest BCUT2D eigenvalue weighted by Gasteiger charge is -2.08. The molecule has 0 aliphatic carbocycles. The van der Waals surface area contributed by atoms with Crippen LogP contribution in [0.5, 0.6) is 0 Å². The molecule has 0 spiro atoms. The van der Waals surface area contributed by atoms with Crippen LogP contribution in [-0.4, -0.2) is 6.54 Å². The van der Waals surface area contributed by atoms with E-state index in [4.69, 9.17) is 0 Å². The first-order valence-electron chi connectivity index (χ1n) is 6.77. The van der Waals surface area contributed by atoms with E-state index in [2.05, 4.69) is 5.32 Å². The molecule has 0 amide bonds. The topological polar surface area (TPSA) is 12.0 Å². The van der Waals surface area contributed by atoms with E-state index >= 15 is 0 Å². The summed E-state index contributed by atoms with van der Waals surface area (Å²) >= 11 is 0. The molecule has 2 aromatic carbocycles. The summed E-state index contributed by atoms with van der Waals surface area (Å²) < 4.78 is 26.1. The van der Waals surface area contributed by atoms with E-state index in [0.29, 0.717) is 12.1 Å². The van der Waals surface area contributed by atoms with Gasteiger partial charge in [0.25, 0.3) is 0 Å². The molecule has 2 aromatic rings. The van der Waals surface area contributed by atoms with Gasteiger partial charge in [0.05, 0.1) is 0 Å². The number of halogens is 2. The van der Waals surface area contributed by atoms with Crippen LogP contribution in [0, 0.1) is 25.5 Å². The molecule has 0 saturated heterocycles. The molecule has 0 aliphatic heterocycles. The van der Waals surface area contributed by atoms with Gasteiger partial charge in [0.1, 0.15) is 11.6 Å². The molecule has 1 N–H and O–H groups in total. The predicted octanol–water partition coefficient (Wildman–Crippen LogP) is 3.91. The molecule has 0 saturated carbocycles. The van der Waals surface area contributed by atoms with E-state index < -0.39 is 0 Å². The van der Waals surface area contributed by atoms with Crippen molar-refractivity contribution in [2.75, 3.05) is 6.54 Å². The molecule has 0 radical (unpaired) electrons. The van der Waals surface area contributed by atoms with Crippen molar-refractivity contribution in [1.29, 1.82) is 0 Å². The molecule has 3 heteroatoms. The SMILES string of the molecule is Cc1cc(CNCCc2ccc(F)cc2C)ccc1F. The van der Waals surface area contributed by atoms with Crippen molar-refractivity contribution >= 4 is 0 Å². The van der Waals surface area contributed by atoms with E-state index in [-0.39, 0.29) is 11.6 Å². The smallest absolute Gasteiger partial charge is 0.126 e. The molecule has 0 aromatic heterocycles. The van der Waals surface area contributed by atoms with Crippen LogP contribution < -0.4 is 5.32 Å². The summed E-state index contributed by atoms with van der Waals surface area (Å²) in [6.45, 7) is 5.20. The van der Waals surface area contributed by atoms with Gasteiger partial charge in [-0.3, -0.25) is 0 Å². The van der Waals surface area contributed by atoms with E-state index in [1.54, 1.807) is 19.1 Å². The third-order valence-corrected chi connectivity index (χ3v) is 3.43. The van der Waals surface area contributed by atoms with Crippen LogP contribution in [0.4, 0.5) is 8.78 Å². The second-order valence-corrected chi connectivity index (χ2v) is 5.08. The van der Waals surface area contributed by atoms with Gasteiger partial charge in [-0.2, -0.15) is 0 Å². The van der Waals surface area contributed by atoms with Crippen molar-refractivity contribution in [2.45, 2.75) is 26.8 Å². The fourth-order valence-corrected chi connectivity index (χ4v) is 2.21. The van der Waals surface area contributed by atoms with Gasteiger partial charge >= 0.3 is 0 Å². The van der Waals surface area contributed by atoms with Crippen LogP contribution in [0.1, 0.15) is 22.3 Å². The third kappa shape index (κ3) is 3.87. The number of hydrogen-bond donors (Lipinski definition) is 1. The van der Waals surface area contributed by atoms with Gasteiger partial charge in [0.2, 0.25) is 0 Å². The summed E-state index contributed by atoms with van der Waals surface area (Å²) in [4.78, 5) is 0.